The molecule has 0 spiro atoms. The van der Waals surface area contributed by atoms with Crippen LogP contribution in [-0.4, -0.2) is 31.1 Å². The minimum absolute atomic E-state index is 1.08. The zero-order valence-electron chi connectivity index (χ0n) is 9.80. The SMILES string of the molecule is Cc1cc(CN2CCCNCC2)ccc1Br. The molecule has 1 aromatic carbocycles. The fraction of sp³-hybridized carbons (Fsp3) is 0.538. The number of aryl methyl sites for hydroxylation is 1. The van der Waals surface area contributed by atoms with Gasteiger partial charge < -0.3 is 5.32 Å². The summed E-state index contributed by atoms with van der Waals surface area (Å²) in [7, 11) is 0. The van der Waals surface area contributed by atoms with Crippen LogP contribution < -0.4 is 5.32 Å². The first-order chi connectivity index (χ1) is 7.75. The molecule has 16 heavy (non-hydrogen) atoms. The molecule has 0 radical (unpaired) electrons. The second-order valence-electron chi connectivity index (χ2n) is 4.46. The lowest BCUT2D eigenvalue weighted by Gasteiger charge is -2.19. The van der Waals surface area contributed by atoms with Crippen LogP contribution in [0.4, 0.5) is 0 Å². The van der Waals surface area contributed by atoms with Crippen LogP contribution >= 0.6 is 15.9 Å². The van der Waals surface area contributed by atoms with E-state index in [9.17, 15) is 0 Å². The molecule has 1 aromatic rings. The van der Waals surface area contributed by atoms with Gasteiger partial charge in [-0.15, -0.1) is 0 Å². The number of nitrogens with one attached hydrogen (secondary N) is 1. The standard InChI is InChI=1S/C13H19BrN2/c1-11-9-12(3-4-13(11)14)10-16-7-2-5-15-6-8-16/h3-4,9,15H,2,5-8,10H2,1H3. The van der Waals surface area contributed by atoms with Gasteiger partial charge in [-0.05, 0) is 43.6 Å². The lowest BCUT2D eigenvalue weighted by molar-refractivity contribution is 0.284. The van der Waals surface area contributed by atoms with Gasteiger partial charge in [0.2, 0.25) is 0 Å². The highest BCUT2D eigenvalue weighted by Gasteiger charge is 2.09. The van der Waals surface area contributed by atoms with E-state index in [0.717, 1.165) is 26.2 Å². The van der Waals surface area contributed by atoms with Crippen LogP contribution in [0.15, 0.2) is 22.7 Å². The van der Waals surface area contributed by atoms with Crippen LogP contribution in [-0.2, 0) is 6.54 Å². The van der Waals surface area contributed by atoms with Gasteiger partial charge in [-0.3, -0.25) is 4.90 Å². The molecular weight excluding hydrogens is 264 g/mol. The van der Waals surface area contributed by atoms with Gasteiger partial charge in [-0.25, -0.2) is 0 Å². The lowest BCUT2D eigenvalue weighted by atomic mass is 10.1. The molecule has 0 amide bonds. The summed E-state index contributed by atoms with van der Waals surface area (Å²) in [5.41, 5.74) is 2.74. The second kappa shape index (κ2) is 5.80. The van der Waals surface area contributed by atoms with Gasteiger partial charge in [0.05, 0.1) is 0 Å². The van der Waals surface area contributed by atoms with Crippen LogP contribution in [0.2, 0.25) is 0 Å². The molecular formula is C13H19BrN2. The van der Waals surface area contributed by atoms with E-state index in [4.69, 9.17) is 0 Å². The summed E-state index contributed by atoms with van der Waals surface area (Å²) in [5.74, 6) is 0. The molecule has 1 aliphatic rings. The van der Waals surface area contributed by atoms with E-state index >= 15 is 0 Å². The molecule has 0 bridgehead atoms. The summed E-state index contributed by atoms with van der Waals surface area (Å²) in [6.45, 7) is 7.88. The van der Waals surface area contributed by atoms with E-state index in [0.29, 0.717) is 0 Å². The molecule has 1 aliphatic heterocycles. The van der Waals surface area contributed by atoms with E-state index in [2.05, 4.69) is 51.3 Å². The Morgan fingerprint density at radius 1 is 1.31 bits per heavy atom. The number of nitrogens with zero attached hydrogens (tertiary/aromatic N) is 1. The highest BCUT2D eigenvalue weighted by molar-refractivity contribution is 9.10. The van der Waals surface area contributed by atoms with Gasteiger partial charge in [-0.1, -0.05) is 28.1 Å². The van der Waals surface area contributed by atoms with Crippen molar-refractivity contribution in [1.82, 2.24) is 10.2 Å². The second-order valence-corrected chi connectivity index (χ2v) is 5.32. The third-order valence-corrected chi connectivity index (χ3v) is 3.95. The normalized spacial score (nSPS) is 18.4. The Morgan fingerprint density at radius 2 is 2.19 bits per heavy atom. The first-order valence-corrected chi connectivity index (χ1v) is 6.73. The van der Waals surface area contributed by atoms with Crippen molar-refractivity contribution in [2.75, 3.05) is 26.2 Å². The van der Waals surface area contributed by atoms with Crippen molar-refractivity contribution in [1.29, 1.82) is 0 Å². The molecule has 1 N–H and O–H groups in total. The minimum atomic E-state index is 1.08. The van der Waals surface area contributed by atoms with Crippen LogP contribution in [0.5, 0.6) is 0 Å². The average Bonchev–Trinajstić information content (AvgIpc) is 2.52. The summed E-state index contributed by atoms with van der Waals surface area (Å²) < 4.78 is 1.20. The van der Waals surface area contributed by atoms with Gasteiger partial charge in [-0.2, -0.15) is 0 Å². The Kier molecular flexibility index (Phi) is 4.38. The molecule has 1 heterocycles. The van der Waals surface area contributed by atoms with Gasteiger partial charge in [0.15, 0.2) is 0 Å². The van der Waals surface area contributed by atoms with E-state index in [1.54, 1.807) is 0 Å². The average molecular weight is 283 g/mol. The number of benzene rings is 1. The smallest absolute Gasteiger partial charge is 0.0234 e. The van der Waals surface area contributed by atoms with E-state index in [-0.39, 0.29) is 0 Å². The quantitative estimate of drug-likeness (QED) is 0.897. The molecule has 2 nitrogen and oxygen atoms in total. The van der Waals surface area contributed by atoms with Gasteiger partial charge in [0.1, 0.15) is 0 Å². The zero-order chi connectivity index (χ0) is 11.4. The van der Waals surface area contributed by atoms with E-state index in [1.807, 2.05) is 0 Å². The maximum atomic E-state index is 3.54. The summed E-state index contributed by atoms with van der Waals surface area (Å²) in [6.07, 6.45) is 1.26. The first kappa shape index (κ1) is 12.1. The van der Waals surface area contributed by atoms with Crippen molar-refractivity contribution in [3.8, 4) is 0 Å². The Bertz CT molecular complexity index is 344. The molecule has 0 saturated carbocycles. The number of rotatable bonds is 2. The highest BCUT2D eigenvalue weighted by Crippen LogP contribution is 2.18. The molecule has 1 fully saturated rings. The Hall–Kier alpha value is -0.380. The third kappa shape index (κ3) is 3.30. The molecule has 88 valence electrons. The molecule has 1 saturated heterocycles. The van der Waals surface area contributed by atoms with Crippen LogP contribution in [0, 0.1) is 6.92 Å². The molecule has 2 rings (SSSR count). The molecule has 0 unspecified atom stereocenters. The first-order valence-electron chi connectivity index (χ1n) is 5.94. The van der Waals surface area contributed by atoms with E-state index < -0.39 is 0 Å². The highest BCUT2D eigenvalue weighted by atomic mass is 79.9. The monoisotopic (exact) mass is 282 g/mol. The topological polar surface area (TPSA) is 15.3 Å². The summed E-state index contributed by atoms with van der Waals surface area (Å²) in [4.78, 5) is 2.53. The predicted octanol–water partition coefficient (Wildman–Crippen LogP) is 2.55. The Labute approximate surface area is 106 Å². The van der Waals surface area contributed by atoms with Crippen molar-refractivity contribution < 1.29 is 0 Å². The predicted molar refractivity (Wildman–Crippen MR) is 71.6 cm³/mol. The van der Waals surface area contributed by atoms with Crippen molar-refractivity contribution in [3.05, 3.63) is 33.8 Å². The Morgan fingerprint density at radius 3 is 3.00 bits per heavy atom. The van der Waals surface area contributed by atoms with Crippen LogP contribution in [0.3, 0.4) is 0 Å². The fourth-order valence-electron chi connectivity index (χ4n) is 2.12. The number of hydrogen-bond donors (Lipinski definition) is 1. The maximum Gasteiger partial charge on any atom is 0.0234 e. The summed E-state index contributed by atoms with van der Waals surface area (Å²) >= 11 is 3.54. The van der Waals surface area contributed by atoms with Gasteiger partial charge in [0.25, 0.3) is 0 Å². The third-order valence-electron chi connectivity index (χ3n) is 3.06. The molecule has 0 aliphatic carbocycles. The summed E-state index contributed by atoms with van der Waals surface area (Å²) in [6, 6.07) is 6.65. The molecule has 0 atom stereocenters. The molecule has 3 heteroatoms. The van der Waals surface area contributed by atoms with Crippen molar-refractivity contribution >= 4 is 15.9 Å². The number of hydrogen-bond acceptors (Lipinski definition) is 2. The minimum Gasteiger partial charge on any atom is -0.315 e. The van der Waals surface area contributed by atoms with Crippen molar-refractivity contribution in [3.63, 3.8) is 0 Å². The van der Waals surface area contributed by atoms with Gasteiger partial charge in [0, 0.05) is 24.1 Å². The Balaban J connectivity index is 1.99. The maximum absolute atomic E-state index is 3.54. The molecule has 0 aromatic heterocycles. The van der Waals surface area contributed by atoms with Crippen LogP contribution in [0.1, 0.15) is 17.5 Å². The summed E-state index contributed by atoms with van der Waals surface area (Å²) in [5, 5.41) is 3.43. The fourth-order valence-corrected chi connectivity index (χ4v) is 2.37. The van der Waals surface area contributed by atoms with Gasteiger partial charge >= 0.3 is 0 Å². The lowest BCUT2D eigenvalue weighted by Crippen LogP contribution is -2.27. The van der Waals surface area contributed by atoms with Crippen LogP contribution in [0.25, 0.3) is 0 Å². The van der Waals surface area contributed by atoms with Crippen molar-refractivity contribution in [2.24, 2.45) is 0 Å². The zero-order valence-corrected chi connectivity index (χ0v) is 11.4. The van der Waals surface area contributed by atoms with Crippen molar-refractivity contribution in [2.45, 2.75) is 19.9 Å². The van der Waals surface area contributed by atoms with E-state index in [1.165, 1.54) is 28.6 Å². The number of halogens is 1. The largest absolute Gasteiger partial charge is 0.315 e.